The largest absolute Gasteiger partial charge is 0.481 e. The highest BCUT2D eigenvalue weighted by atomic mass is 16.4. The van der Waals surface area contributed by atoms with E-state index < -0.39 is 5.97 Å². The summed E-state index contributed by atoms with van der Waals surface area (Å²) in [7, 11) is 0. The summed E-state index contributed by atoms with van der Waals surface area (Å²) in [5.41, 5.74) is 1.79. The van der Waals surface area contributed by atoms with Crippen LogP contribution in [0.15, 0.2) is 6.33 Å². The summed E-state index contributed by atoms with van der Waals surface area (Å²) < 4.78 is 0. The molecule has 0 amide bonds. The predicted molar refractivity (Wildman–Crippen MR) is 43.8 cm³/mol. The molecule has 0 saturated heterocycles. The standard InChI is InChI=1S/C8H12N2O2/c1-5(8(11)12)3-7-6(2)9-4-10-7/h4-5H,3H2,1-2H3,(H,9,10)(H,11,12). The molecule has 4 nitrogen and oxygen atoms in total. The number of carbonyl (C=O) groups is 1. The number of carboxylic acids is 1. The molecule has 0 fully saturated rings. The lowest BCUT2D eigenvalue weighted by Crippen LogP contribution is -2.12. The van der Waals surface area contributed by atoms with Crippen molar-refractivity contribution in [1.29, 1.82) is 0 Å². The Kier molecular flexibility index (Phi) is 2.47. The van der Waals surface area contributed by atoms with Gasteiger partial charge in [0.25, 0.3) is 0 Å². The fourth-order valence-corrected chi connectivity index (χ4v) is 0.970. The van der Waals surface area contributed by atoms with E-state index in [-0.39, 0.29) is 5.92 Å². The van der Waals surface area contributed by atoms with Crippen LogP contribution in [0.5, 0.6) is 0 Å². The Labute approximate surface area is 70.6 Å². The summed E-state index contributed by atoms with van der Waals surface area (Å²) in [5.74, 6) is -1.15. The SMILES string of the molecule is Cc1[nH]cnc1CC(C)C(=O)O. The third-order valence-electron chi connectivity index (χ3n) is 1.86. The first-order valence-corrected chi connectivity index (χ1v) is 3.83. The Balaban J connectivity index is 2.64. The van der Waals surface area contributed by atoms with Crippen molar-refractivity contribution in [3.05, 3.63) is 17.7 Å². The number of nitrogens with zero attached hydrogens (tertiary/aromatic N) is 1. The second-order valence-corrected chi connectivity index (χ2v) is 2.92. The van der Waals surface area contributed by atoms with Gasteiger partial charge in [0.2, 0.25) is 0 Å². The van der Waals surface area contributed by atoms with Crippen LogP contribution < -0.4 is 0 Å². The van der Waals surface area contributed by atoms with Gasteiger partial charge in [0, 0.05) is 12.1 Å². The summed E-state index contributed by atoms with van der Waals surface area (Å²) in [6, 6.07) is 0. The van der Waals surface area contributed by atoms with E-state index in [0.717, 1.165) is 11.4 Å². The van der Waals surface area contributed by atoms with Crippen LogP contribution in [0.25, 0.3) is 0 Å². The Hall–Kier alpha value is -1.32. The summed E-state index contributed by atoms with van der Waals surface area (Å²) in [6.07, 6.45) is 2.07. The number of aromatic amines is 1. The van der Waals surface area contributed by atoms with E-state index in [4.69, 9.17) is 5.11 Å². The normalized spacial score (nSPS) is 12.8. The molecule has 0 spiro atoms. The number of aliphatic carboxylic acids is 1. The molecule has 0 aromatic carbocycles. The van der Waals surface area contributed by atoms with Crippen LogP contribution in [0.1, 0.15) is 18.3 Å². The van der Waals surface area contributed by atoms with Crippen LogP contribution >= 0.6 is 0 Å². The zero-order chi connectivity index (χ0) is 9.14. The summed E-state index contributed by atoms with van der Waals surface area (Å²) >= 11 is 0. The number of imidazole rings is 1. The van der Waals surface area contributed by atoms with E-state index in [1.807, 2.05) is 6.92 Å². The topological polar surface area (TPSA) is 66.0 Å². The molecule has 1 aromatic rings. The molecular weight excluding hydrogens is 156 g/mol. The molecule has 0 saturated carbocycles. The first-order chi connectivity index (χ1) is 5.61. The van der Waals surface area contributed by atoms with E-state index in [0.29, 0.717) is 6.42 Å². The van der Waals surface area contributed by atoms with Crippen LogP contribution in [0.4, 0.5) is 0 Å². The van der Waals surface area contributed by atoms with Crippen molar-refractivity contribution in [2.75, 3.05) is 0 Å². The van der Waals surface area contributed by atoms with Gasteiger partial charge in [-0.25, -0.2) is 4.98 Å². The molecule has 0 aliphatic heterocycles. The molecule has 0 bridgehead atoms. The monoisotopic (exact) mass is 168 g/mol. The van der Waals surface area contributed by atoms with Gasteiger partial charge in [0.15, 0.2) is 0 Å². The van der Waals surface area contributed by atoms with Crippen molar-refractivity contribution >= 4 is 5.97 Å². The highest BCUT2D eigenvalue weighted by molar-refractivity contribution is 5.69. The highest BCUT2D eigenvalue weighted by Crippen LogP contribution is 2.08. The summed E-state index contributed by atoms with van der Waals surface area (Å²) in [4.78, 5) is 17.4. The van der Waals surface area contributed by atoms with E-state index in [1.165, 1.54) is 0 Å². The van der Waals surface area contributed by atoms with Gasteiger partial charge in [-0.05, 0) is 6.92 Å². The molecule has 1 unspecified atom stereocenters. The lowest BCUT2D eigenvalue weighted by atomic mass is 10.1. The van der Waals surface area contributed by atoms with E-state index in [9.17, 15) is 4.79 Å². The number of carboxylic acid groups (broad SMARTS) is 1. The van der Waals surface area contributed by atoms with Crippen LogP contribution in [0, 0.1) is 12.8 Å². The zero-order valence-electron chi connectivity index (χ0n) is 7.16. The Bertz CT molecular complexity index is 280. The smallest absolute Gasteiger partial charge is 0.306 e. The van der Waals surface area contributed by atoms with Crippen LogP contribution in [-0.4, -0.2) is 21.0 Å². The average molecular weight is 168 g/mol. The molecule has 0 radical (unpaired) electrons. The van der Waals surface area contributed by atoms with E-state index in [2.05, 4.69) is 9.97 Å². The molecule has 1 aromatic heterocycles. The maximum atomic E-state index is 10.5. The van der Waals surface area contributed by atoms with Gasteiger partial charge in [-0.1, -0.05) is 6.92 Å². The van der Waals surface area contributed by atoms with Gasteiger partial charge in [0.05, 0.1) is 17.9 Å². The first kappa shape index (κ1) is 8.77. The number of aromatic nitrogens is 2. The number of aryl methyl sites for hydroxylation is 1. The van der Waals surface area contributed by atoms with Crippen LogP contribution in [0.3, 0.4) is 0 Å². The van der Waals surface area contributed by atoms with Gasteiger partial charge < -0.3 is 10.1 Å². The number of H-pyrrole nitrogens is 1. The molecule has 2 N–H and O–H groups in total. The Morgan fingerprint density at radius 1 is 1.83 bits per heavy atom. The van der Waals surface area contributed by atoms with Crippen LogP contribution in [-0.2, 0) is 11.2 Å². The van der Waals surface area contributed by atoms with Crippen molar-refractivity contribution < 1.29 is 9.90 Å². The molecule has 0 aliphatic carbocycles. The molecular formula is C8H12N2O2. The molecule has 4 heteroatoms. The van der Waals surface area contributed by atoms with Gasteiger partial charge in [0.1, 0.15) is 0 Å². The lowest BCUT2D eigenvalue weighted by molar-refractivity contribution is -0.141. The van der Waals surface area contributed by atoms with Gasteiger partial charge >= 0.3 is 5.97 Å². The minimum atomic E-state index is -0.780. The maximum Gasteiger partial charge on any atom is 0.306 e. The quantitative estimate of drug-likeness (QED) is 0.707. The maximum absolute atomic E-state index is 10.5. The van der Waals surface area contributed by atoms with E-state index in [1.54, 1.807) is 13.3 Å². The molecule has 12 heavy (non-hydrogen) atoms. The molecule has 1 heterocycles. The molecule has 1 rings (SSSR count). The average Bonchev–Trinajstić information content (AvgIpc) is 2.36. The first-order valence-electron chi connectivity index (χ1n) is 3.83. The van der Waals surface area contributed by atoms with Crippen molar-refractivity contribution in [3.8, 4) is 0 Å². The number of hydrogen-bond acceptors (Lipinski definition) is 2. The molecule has 1 atom stereocenters. The number of nitrogens with one attached hydrogen (secondary N) is 1. The fraction of sp³-hybridized carbons (Fsp3) is 0.500. The highest BCUT2D eigenvalue weighted by Gasteiger charge is 2.13. The van der Waals surface area contributed by atoms with Crippen LogP contribution in [0.2, 0.25) is 0 Å². The van der Waals surface area contributed by atoms with Crippen molar-refractivity contribution in [1.82, 2.24) is 9.97 Å². The second-order valence-electron chi connectivity index (χ2n) is 2.92. The lowest BCUT2D eigenvalue weighted by Gasteiger charge is -2.03. The predicted octanol–water partition coefficient (Wildman–Crippen LogP) is 0.981. The molecule has 66 valence electrons. The van der Waals surface area contributed by atoms with Gasteiger partial charge in [-0.15, -0.1) is 0 Å². The van der Waals surface area contributed by atoms with Crippen molar-refractivity contribution in [2.24, 2.45) is 5.92 Å². The fourth-order valence-electron chi connectivity index (χ4n) is 0.970. The second kappa shape index (κ2) is 3.38. The number of hydrogen-bond donors (Lipinski definition) is 2. The van der Waals surface area contributed by atoms with Crippen molar-refractivity contribution in [3.63, 3.8) is 0 Å². The summed E-state index contributed by atoms with van der Waals surface area (Å²) in [6.45, 7) is 3.56. The minimum absolute atomic E-state index is 0.369. The molecule has 0 aliphatic rings. The summed E-state index contributed by atoms with van der Waals surface area (Å²) in [5, 5.41) is 8.63. The van der Waals surface area contributed by atoms with E-state index >= 15 is 0 Å². The minimum Gasteiger partial charge on any atom is -0.481 e. The zero-order valence-corrected chi connectivity index (χ0v) is 7.16. The third kappa shape index (κ3) is 1.84. The Morgan fingerprint density at radius 3 is 2.92 bits per heavy atom. The van der Waals surface area contributed by atoms with Gasteiger partial charge in [-0.3, -0.25) is 4.79 Å². The van der Waals surface area contributed by atoms with Crippen molar-refractivity contribution in [2.45, 2.75) is 20.3 Å². The number of rotatable bonds is 3. The van der Waals surface area contributed by atoms with Gasteiger partial charge in [-0.2, -0.15) is 0 Å². The third-order valence-corrected chi connectivity index (χ3v) is 1.86. The Morgan fingerprint density at radius 2 is 2.50 bits per heavy atom.